The van der Waals surface area contributed by atoms with Crippen LogP contribution >= 0.6 is 0 Å². The van der Waals surface area contributed by atoms with Gasteiger partial charge in [0.1, 0.15) is 0 Å². The van der Waals surface area contributed by atoms with Crippen molar-refractivity contribution < 1.29 is 4.92 Å². The van der Waals surface area contributed by atoms with Gasteiger partial charge < -0.3 is 5.32 Å². The van der Waals surface area contributed by atoms with Gasteiger partial charge in [0, 0.05) is 30.4 Å². The monoisotopic (exact) mass is 208 g/mol. The topological polar surface area (TPSA) is 55.2 Å². The van der Waals surface area contributed by atoms with Crippen molar-refractivity contribution in [2.75, 3.05) is 7.05 Å². The average Bonchev–Trinajstić information content (AvgIpc) is 2.30. The lowest BCUT2D eigenvalue weighted by atomic mass is 10.1. The third-order valence-corrected chi connectivity index (χ3v) is 1.71. The van der Waals surface area contributed by atoms with E-state index in [1.54, 1.807) is 19.2 Å². The highest BCUT2D eigenvalue weighted by molar-refractivity contribution is 5.63. The Morgan fingerprint density at radius 1 is 1.47 bits per heavy atom. The highest BCUT2D eigenvalue weighted by atomic mass is 16.6. The third kappa shape index (κ3) is 3.81. The summed E-state index contributed by atoms with van der Waals surface area (Å²) >= 11 is 0. The Labute approximate surface area is 89.8 Å². The Morgan fingerprint density at radius 2 is 2.07 bits per heavy atom. The maximum atomic E-state index is 10.4. The molecule has 15 heavy (non-hydrogen) atoms. The molecule has 0 atom stereocenters. The standard InChI is InChI=1S/C9H10N2O2.C2H6/c1-7(10-2)8-4-3-5-9(6-8)11(12)13;1-2/h3-6,10H,1H2,2H3;1-2H3. The third-order valence-electron chi connectivity index (χ3n) is 1.71. The SMILES string of the molecule is C=C(NC)c1cccc([N+](=O)[O-])c1.CC. The molecule has 0 fully saturated rings. The van der Waals surface area contributed by atoms with Crippen LogP contribution in [0.15, 0.2) is 30.8 Å². The van der Waals surface area contributed by atoms with E-state index in [2.05, 4.69) is 11.9 Å². The molecular weight excluding hydrogens is 192 g/mol. The van der Waals surface area contributed by atoms with Gasteiger partial charge in [-0.1, -0.05) is 32.6 Å². The normalized spacial score (nSPS) is 8.47. The van der Waals surface area contributed by atoms with E-state index in [4.69, 9.17) is 0 Å². The van der Waals surface area contributed by atoms with Crippen LogP contribution < -0.4 is 5.32 Å². The summed E-state index contributed by atoms with van der Waals surface area (Å²) in [6.07, 6.45) is 0. The van der Waals surface area contributed by atoms with Crippen molar-refractivity contribution >= 4 is 11.4 Å². The summed E-state index contributed by atoms with van der Waals surface area (Å²) < 4.78 is 0. The molecule has 0 aromatic heterocycles. The second-order valence-electron chi connectivity index (χ2n) is 2.54. The molecular formula is C11H16N2O2. The first kappa shape index (κ1) is 13.2. The van der Waals surface area contributed by atoms with Crippen molar-refractivity contribution in [3.8, 4) is 0 Å². The molecule has 0 aliphatic rings. The van der Waals surface area contributed by atoms with Gasteiger partial charge in [0.05, 0.1) is 4.92 Å². The molecule has 0 radical (unpaired) electrons. The minimum atomic E-state index is -0.424. The van der Waals surface area contributed by atoms with Crippen LogP contribution in [0, 0.1) is 10.1 Å². The van der Waals surface area contributed by atoms with Crippen LogP contribution in [0.2, 0.25) is 0 Å². The summed E-state index contributed by atoms with van der Waals surface area (Å²) in [7, 11) is 1.72. The molecule has 1 aromatic rings. The van der Waals surface area contributed by atoms with E-state index in [0.29, 0.717) is 5.70 Å². The van der Waals surface area contributed by atoms with E-state index in [1.165, 1.54) is 12.1 Å². The number of benzene rings is 1. The van der Waals surface area contributed by atoms with Gasteiger partial charge in [0.15, 0.2) is 0 Å². The van der Waals surface area contributed by atoms with E-state index >= 15 is 0 Å². The van der Waals surface area contributed by atoms with Crippen LogP contribution in [0.4, 0.5) is 5.69 Å². The van der Waals surface area contributed by atoms with Crippen LogP contribution in [0.1, 0.15) is 19.4 Å². The number of hydrogen-bond donors (Lipinski definition) is 1. The second-order valence-corrected chi connectivity index (χ2v) is 2.54. The Morgan fingerprint density at radius 3 is 2.53 bits per heavy atom. The number of nitro benzene ring substituents is 1. The lowest BCUT2D eigenvalue weighted by Gasteiger charge is -2.03. The molecule has 0 bridgehead atoms. The van der Waals surface area contributed by atoms with Crippen molar-refractivity contribution in [3.63, 3.8) is 0 Å². The highest BCUT2D eigenvalue weighted by Crippen LogP contribution is 2.16. The van der Waals surface area contributed by atoms with Crippen molar-refractivity contribution in [2.24, 2.45) is 0 Å². The summed E-state index contributed by atoms with van der Waals surface area (Å²) in [6.45, 7) is 7.71. The second kappa shape index (κ2) is 6.59. The first-order valence-electron chi connectivity index (χ1n) is 4.76. The van der Waals surface area contributed by atoms with E-state index < -0.39 is 4.92 Å². The Hall–Kier alpha value is -1.84. The van der Waals surface area contributed by atoms with Gasteiger partial charge in [0.25, 0.3) is 5.69 Å². The largest absolute Gasteiger partial charge is 0.388 e. The fourth-order valence-corrected chi connectivity index (χ4v) is 0.952. The Bertz CT molecular complexity index is 348. The molecule has 0 saturated carbocycles. The predicted octanol–water partition coefficient (Wildman–Crippen LogP) is 2.81. The Kier molecular flexibility index (Phi) is 5.78. The predicted molar refractivity (Wildman–Crippen MR) is 62.5 cm³/mol. The summed E-state index contributed by atoms with van der Waals surface area (Å²) in [5.41, 5.74) is 1.48. The van der Waals surface area contributed by atoms with Crippen LogP contribution in [0.25, 0.3) is 5.70 Å². The van der Waals surface area contributed by atoms with Gasteiger partial charge in [-0.05, 0) is 0 Å². The minimum absolute atomic E-state index is 0.0777. The van der Waals surface area contributed by atoms with Crippen molar-refractivity contribution in [2.45, 2.75) is 13.8 Å². The van der Waals surface area contributed by atoms with E-state index in [9.17, 15) is 10.1 Å². The zero-order valence-corrected chi connectivity index (χ0v) is 9.28. The molecule has 0 saturated heterocycles. The Balaban J connectivity index is 0.000000921. The molecule has 0 aliphatic carbocycles. The number of non-ortho nitro benzene ring substituents is 1. The highest BCUT2D eigenvalue weighted by Gasteiger charge is 2.06. The van der Waals surface area contributed by atoms with Crippen LogP contribution in [-0.2, 0) is 0 Å². The number of rotatable bonds is 3. The minimum Gasteiger partial charge on any atom is -0.388 e. The average molecular weight is 208 g/mol. The summed E-state index contributed by atoms with van der Waals surface area (Å²) in [4.78, 5) is 10.00. The van der Waals surface area contributed by atoms with E-state index in [1.807, 2.05) is 13.8 Å². The number of nitrogens with one attached hydrogen (secondary N) is 1. The van der Waals surface area contributed by atoms with Gasteiger partial charge in [0.2, 0.25) is 0 Å². The van der Waals surface area contributed by atoms with Crippen molar-refractivity contribution in [1.82, 2.24) is 5.32 Å². The van der Waals surface area contributed by atoms with Crippen molar-refractivity contribution in [1.29, 1.82) is 0 Å². The quantitative estimate of drug-likeness (QED) is 0.613. The van der Waals surface area contributed by atoms with Gasteiger partial charge in [-0.25, -0.2) is 0 Å². The van der Waals surface area contributed by atoms with Crippen LogP contribution in [-0.4, -0.2) is 12.0 Å². The summed E-state index contributed by atoms with van der Waals surface area (Å²) in [5.74, 6) is 0. The van der Waals surface area contributed by atoms with Gasteiger partial charge in [-0.15, -0.1) is 0 Å². The maximum absolute atomic E-state index is 10.4. The van der Waals surface area contributed by atoms with Crippen LogP contribution in [0.3, 0.4) is 0 Å². The zero-order chi connectivity index (χ0) is 11.8. The smallest absolute Gasteiger partial charge is 0.270 e. The number of nitrogens with zero attached hydrogens (tertiary/aromatic N) is 1. The van der Waals surface area contributed by atoms with Gasteiger partial charge in [-0.3, -0.25) is 10.1 Å². The number of hydrogen-bond acceptors (Lipinski definition) is 3. The fourth-order valence-electron chi connectivity index (χ4n) is 0.952. The molecule has 0 aliphatic heterocycles. The molecule has 4 nitrogen and oxygen atoms in total. The maximum Gasteiger partial charge on any atom is 0.270 e. The van der Waals surface area contributed by atoms with Gasteiger partial charge in [-0.2, -0.15) is 0 Å². The molecule has 1 aromatic carbocycles. The molecule has 1 rings (SSSR count). The van der Waals surface area contributed by atoms with Gasteiger partial charge >= 0.3 is 0 Å². The molecule has 0 amide bonds. The summed E-state index contributed by atoms with van der Waals surface area (Å²) in [5, 5.41) is 13.2. The molecule has 0 unspecified atom stereocenters. The molecule has 4 heteroatoms. The zero-order valence-electron chi connectivity index (χ0n) is 9.28. The summed E-state index contributed by atoms with van der Waals surface area (Å²) in [6, 6.07) is 6.34. The molecule has 1 N–H and O–H groups in total. The fraction of sp³-hybridized carbons (Fsp3) is 0.273. The lowest BCUT2D eigenvalue weighted by Crippen LogP contribution is -2.02. The first-order chi connectivity index (χ1) is 7.15. The molecule has 0 spiro atoms. The first-order valence-corrected chi connectivity index (χ1v) is 4.76. The number of nitro groups is 1. The molecule has 0 heterocycles. The molecule has 82 valence electrons. The lowest BCUT2D eigenvalue weighted by molar-refractivity contribution is -0.384. The van der Waals surface area contributed by atoms with Crippen molar-refractivity contribution in [3.05, 3.63) is 46.5 Å². The van der Waals surface area contributed by atoms with Crippen LogP contribution in [0.5, 0.6) is 0 Å². The van der Waals surface area contributed by atoms with E-state index in [-0.39, 0.29) is 5.69 Å². The van der Waals surface area contributed by atoms with E-state index in [0.717, 1.165) is 5.56 Å².